The Morgan fingerprint density at radius 1 is 1.22 bits per heavy atom. The summed E-state index contributed by atoms with van der Waals surface area (Å²) < 4.78 is 1.95. The number of fused-ring (bicyclic) bond motifs is 1. The molecule has 0 aromatic carbocycles. The van der Waals surface area contributed by atoms with E-state index >= 15 is 0 Å². The van der Waals surface area contributed by atoms with Crippen molar-refractivity contribution in [2.45, 2.75) is 91.1 Å². The maximum Gasteiger partial charge on any atom is 0.305 e. The highest BCUT2D eigenvalue weighted by Gasteiger charge is 2.29. The molecule has 1 fully saturated rings. The van der Waals surface area contributed by atoms with Crippen molar-refractivity contribution in [1.29, 1.82) is 0 Å². The molecule has 1 atom stereocenters. The van der Waals surface area contributed by atoms with Gasteiger partial charge in [0.1, 0.15) is 5.82 Å². The summed E-state index contributed by atoms with van der Waals surface area (Å²) in [7, 11) is 0. The standard InChI is InChI=1S/C25H38N4O3/c1-16(2)14-20-23(28-25(3,4)5)29-13-9-12-18(22(29)26-20)24(32)27-19(15-21(30)31)17-10-7-6-8-11-17/h9,12-13,16-17,19,28H,6-8,10-11,14-15H2,1-5H3,(H,27,32)(H,30,31). The van der Waals surface area contributed by atoms with E-state index in [2.05, 4.69) is 45.3 Å². The van der Waals surface area contributed by atoms with E-state index < -0.39 is 5.97 Å². The number of imidazole rings is 1. The molecule has 3 N–H and O–H groups in total. The second kappa shape index (κ2) is 9.92. The maximum absolute atomic E-state index is 13.3. The van der Waals surface area contributed by atoms with Gasteiger partial charge in [0.15, 0.2) is 5.65 Å². The normalized spacial score (nSPS) is 16.3. The fourth-order valence-corrected chi connectivity index (χ4v) is 4.61. The van der Waals surface area contributed by atoms with E-state index in [1.165, 1.54) is 6.42 Å². The summed E-state index contributed by atoms with van der Waals surface area (Å²) >= 11 is 0. The lowest BCUT2D eigenvalue weighted by Crippen LogP contribution is -2.42. The number of carboxylic acid groups (broad SMARTS) is 1. The van der Waals surface area contributed by atoms with Gasteiger partial charge in [-0.3, -0.25) is 14.0 Å². The van der Waals surface area contributed by atoms with Crippen LogP contribution in [-0.2, 0) is 11.2 Å². The molecule has 0 bridgehead atoms. The minimum absolute atomic E-state index is 0.0522. The molecule has 3 rings (SSSR count). The molecular weight excluding hydrogens is 404 g/mol. The van der Waals surface area contributed by atoms with E-state index in [4.69, 9.17) is 4.98 Å². The number of carbonyl (C=O) groups is 2. The summed E-state index contributed by atoms with van der Waals surface area (Å²) in [6, 6.07) is 3.26. The van der Waals surface area contributed by atoms with Crippen LogP contribution in [0.4, 0.5) is 5.82 Å². The SMILES string of the molecule is CC(C)Cc1nc2c(C(=O)NC(CC(=O)O)C3CCCCC3)cccn2c1NC(C)(C)C. The minimum Gasteiger partial charge on any atom is -0.481 e. The molecule has 1 amide bonds. The fraction of sp³-hybridized carbons (Fsp3) is 0.640. The van der Waals surface area contributed by atoms with Crippen molar-refractivity contribution in [1.82, 2.24) is 14.7 Å². The third kappa shape index (κ3) is 6.02. The Morgan fingerprint density at radius 3 is 2.50 bits per heavy atom. The lowest BCUT2D eigenvalue weighted by atomic mass is 9.82. The average Bonchev–Trinajstić information content (AvgIpc) is 3.02. The van der Waals surface area contributed by atoms with Crippen molar-refractivity contribution in [3.05, 3.63) is 29.6 Å². The highest BCUT2D eigenvalue weighted by atomic mass is 16.4. The van der Waals surface area contributed by atoms with Crippen LogP contribution in [0.25, 0.3) is 5.65 Å². The van der Waals surface area contributed by atoms with E-state index in [9.17, 15) is 14.7 Å². The topological polar surface area (TPSA) is 95.7 Å². The summed E-state index contributed by atoms with van der Waals surface area (Å²) in [4.78, 5) is 29.7. The Labute approximate surface area is 191 Å². The van der Waals surface area contributed by atoms with Gasteiger partial charge >= 0.3 is 5.97 Å². The van der Waals surface area contributed by atoms with Crippen molar-refractivity contribution < 1.29 is 14.7 Å². The monoisotopic (exact) mass is 442 g/mol. The number of amides is 1. The van der Waals surface area contributed by atoms with Crippen molar-refractivity contribution in [3.8, 4) is 0 Å². The Balaban J connectivity index is 1.96. The Bertz CT molecular complexity index is 952. The highest BCUT2D eigenvalue weighted by Crippen LogP contribution is 2.29. The van der Waals surface area contributed by atoms with Crippen LogP contribution < -0.4 is 10.6 Å². The molecule has 32 heavy (non-hydrogen) atoms. The molecule has 1 saturated carbocycles. The lowest BCUT2D eigenvalue weighted by Gasteiger charge is -2.30. The third-order valence-electron chi connectivity index (χ3n) is 5.99. The van der Waals surface area contributed by atoms with E-state index in [0.29, 0.717) is 17.1 Å². The van der Waals surface area contributed by atoms with Crippen LogP contribution in [0.5, 0.6) is 0 Å². The zero-order chi connectivity index (χ0) is 23.5. The molecule has 0 radical (unpaired) electrons. The van der Waals surface area contributed by atoms with Gasteiger partial charge in [-0.2, -0.15) is 0 Å². The zero-order valence-corrected chi connectivity index (χ0v) is 20.1. The number of anilines is 1. The van der Waals surface area contributed by atoms with Gasteiger partial charge < -0.3 is 15.7 Å². The van der Waals surface area contributed by atoms with Gasteiger partial charge in [-0.15, -0.1) is 0 Å². The molecule has 0 spiro atoms. The van der Waals surface area contributed by atoms with Gasteiger partial charge in [0.2, 0.25) is 0 Å². The van der Waals surface area contributed by atoms with Crippen LogP contribution in [0.2, 0.25) is 0 Å². The predicted molar refractivity (Wildman–Crippen MR) is 127 cm³/mol. The van der Waals surface area contributed by atoms with E-state index in [1.54, 1.807) is 6.07 Å². The second-order valence-electron chi connectivity index (χ2n) is 10.6. The average molecular weight is 443 g/mol. The van der Waals surface area contributed by atoms with Crippen LogP contribution >= 0.6 is 0 Å². The molecule has 0 aliphatic heterocycles. The van der Waals surface area contributed by atoms with E-state index in [-0.39, 0.29) is 29.8 Å². The fourth-order valence-electron chi connectivity index (χ4n) is 4.61. The van der Waals surface area contributed by atoms with Crippen molar-refractivity contribution in [2.75, 3.05) is 5.32 Å². The number of rotatable bonds is 8. The zero-order valence-electron chi connectivity index (χ0n) is 20.1. The summed E-state index contributed by atoms with van der Waals surface area (Å²) in [5, 5.41) is 16.0. The first-order valence-electron chi connectivity index (χ1n) is 11.9. The number of nitrogens with zero attached hydrogens (tertiary/aromatic N) is 2. The molecule has 7 nitrogen and oxygen atoms in total. The minimum atomic E-state index is -0.879. The summed E-state index contributed by atoms with van der Waals surface area (Å²) in [6.45, 7) is 10.6. The van der Waals surface area contributed by atoms with E-state index in [1.807, 2.05) is 16.7 Å². The van der Waals surface area contributed by atoms with Crippen LogP contribution in [0.15, 0.2) is 18.3 Å². The molecule has 2 aromatic heterocycles. The molecular formula is C25H38N4O3. The van der Waals surface area contributed by atoms with Crippen LogP contribution in [0, 0.1) is 11.8 Å². The number of hydrogen-bond donors (Lipinski definition) is 3. The quantitative estimate of drug-likeness (QED) is 0.541. The second-order valence-corrected chi connectivity index (χ2v) is 10.6. The number of nitrogens with one attached hydrogen (secondary N) is 2. The first-order valence-corrected chi connectivity index (χ1v) is 11.9. The maximum atomic E-state index is 13.3. The summed E-state index contributed by atoms with van der Waals surface area (Å²) in [5.74, 6) is 0.402. The number of aromatic nitrogens is 2. The number of hydrogen-bond acceptors (Lipinski definition) is 4. The number of pyridine rings is 1. The van der Waals surface area contributed by atoms with Gasteiger partial charge in [0.25, 0.3) is 5.91 Å². The molecule has 176 valence electrons. The van der Waals surface area contributed by atoms with Gasteiger partial charge in [0, 0.05) is 17.8 Å². The van der Waals surface area contributed by atoms with Gasteiger partial charge in [-0.05, 0) is 64.0 Å². The smallest absolute Gasteiger partial charge is 0.305 e. The number of aliphatic carboxylic acids is 1. The Kier molecular flexibility index (Phi) is 7.47. The number of carbonyl (C=O) groups excluding carboxylic acids is 1. The molecule has 0 saturated heterocycles. The van der Waals surface area contributed by atoms with Crippen molar-refractivity contribution in [2.24, 2.45) is 11.8 Å². The largest absolute Gasteiger partial charge is 0.481 e. The molecule has 2 heterocycles. The van der Waals surface area contributed by atoms with Crippen LogP contribution in [0.3, 0.4) is 0 Å². The number of carboxylic acids is 1. The summed E-state index contributed by atoms with van der Waals surface area (Å²) in [5.41, 5.74) is 1.85. The van der Waals surface area contributed by atoms with E-state index in [0.717, 1.165) is 43.6 Å². The van der Waals surface area contributed by atoms with Crippen LogP contribution in [-0.4, -0.2) is 37.9 Å². The molecule has 1 aliphatic carbocycles. The third-order valence-corrected chi connectivity index (χ3v) is 5.99. The highest BCUT2D eigenvalue weighted by molar-refractivity contribution is 6.00. The van der Waals surface area contributed by atoms with Crippen molar-refractivity contribution >= 4 is 23.3 Å². The lowest BCUT2D eigenvalue weighted by molar-refractivity contribution is -0.137. The molecule has 1 unspecified atom stereocenters. The van der Waals surface area contributed by atoms with Gasteiger partial charge in [-0.25, -0.2) is 4.98 Å². The first-order chi connectivity index (χ1) is 15.0. The first kappa shape index (κ1) is 24.1. The predicted octanol–water partition coefficient (Wildman–Crippen LogP) is 4.90. The Morgan fingerprint density at radius 2 is 1.91 bits per heavy atom. The van der Waals surface area contributed by atoms with Gasteiger partial charge in [-0.1, -0.05) is 33.1 Å². The molecule has 2 aromatic rings. The Hall–Kier alpha value is -2.57. The van der Waals surface area contributed by atoms with Gasteiger partial charge in [0.05, 0.1) is 17.7 Å². The molecule has 7 heteroatoms. The van der Waals surface area contributed by atoms with Crippen molar-refractivity contribution in [3.63, 3.8) is 0 Å². The summed E-state index contributed by atoms with van der Waals surface area (Å²) in [6.07, 6.45) is 7.95. The van der Waals surface area contributed by atoms with Crippen LogP contribution in [0.1, 0.15) is 89.2 Å². The molecule has 1 aliphatic rings.